The summed E-state index contributed by atoms with van der Waals surface area (Å²) in [7, 11) is 1.94. The topological polar surface area (TPSA) is 55.1 Å². The summed E-state index contributed by atoms with van der Waals surface area (Å²) in [4.78, 5) is 12.6. The molecule has 0 aliphatic heterocycles. The second kappa shape index (κ2) is 5.58. The molecule has 0 heterocycles. The number of nitrogens with two attached hydrogens (primary N) is 1. The molecule has 0 spiro atoms. The standard InChI is InChI=1S/C19H22N2O/c1-13(21-2)11-12-19(18(20)22)16-9-5-3-7-14(16)15-8-4-6-10-17(15)19/h3-10,13,21H,11-12H2,1-2H3,(H2,20,22). The molecule has 1 unspecified atom stereocenters. The molecule has 0 fully saturated rings. The lowest BCUT2D eigenvalue weighted by Crippen LogP contribution is -2.42. The maximum absolute atomic E-state index is 12.6. The summed E-state index contributed by atoms with van der Waals surface area (Å²) in [5, 5.41) is 3.24. The molecule has 2 aromatic carbocycles. The van der Waals surface area contributed by atoms with Crippen LogP contribution in [0.25, 0.3) is 11.1 Å². The number of hydrogen-bond acceptors (Lipinski definition) is 2. The number of amides is 1. The molecule has 22 heavy (non-hydrogen) atoms. The average molecular weight is 294 g/mol. The van der Waals surface area contributed by atoms with Gasteiger partial charge in [-0.1, -0.05) is 48.5 Å². The highest BCUT2D eigenvalue weighted by Gasteiger charge is 2.47. The van der Waals surface area contributed by atoms with Crippen molar-refractivity contribution in [2.45, 2.75) is 31.2 Å². The second-order valence-electron chi connectivity index (χ2n) is 6.09. The summed E-state index contributed by atoms with van der Waals surface area (Å²) in [5.41, 5.74) is 9.58. The fourth-order valence-corrected chi connectivity index (χ4v) is 3.56. The predicted molar refractivity (Wildman–Crippen MR) is 89.6 cm³/mol. The summed E-state index contributed by atoms with van der Waals surface area (Å²) in [5.74, 6) is -0.256. The van der Waals surface area contributed by atoms with Crippen LogP contribution in [-0.2, 0) is 10.2 Å². The van der Waals surface area contributed by atoms with Gasteiger partial charge >= 0.3 is 0 Å². The van der Waals surface area contributed by atoms with Crippen LogP contribution in [-0.4, -0.2) is 19.0 Å². The van der Waals surface area contributed by atoms with E-state index in [0.29, 0.717) is 6.04 Å². The smallest absolute Gasteiger partial charge is 0.232 e. The third-order valence-corrected chi connectivity index (χ3v) is 4.93. The summed E-state index contributed by atoms with van der Waals surface area (Å²) in [6, 6.07) is 16.6. The quantitative estimate of drug-likeness (QED) is 0.891. The van der Waals surface area contributed by atoms with Crippen LogP contribution in [0.1, 0.15) is 30.9 Å². The first-order valence-electron chi connectivity index (χ1n) is 7.78. The van der Waals surface area contributed by atoms with Gasteiger partial charge in [0.2, 0.25) is 5.91 Å². The van der Waals surface area contributed by atoms with Crippen molar-refractivity contribution in [3.05, 3.63) is 59.7 Å². The molecule has 2 aromatic rings. The van der Waals surface area contributed by atoms with Gasteiger partial charge in [0.1, 0.15) is 0 Å². The molecule has 0 radical (unpaired) electrons. The van der Waals surface area contributed by atoms with E-state index in [2.05, 4.69) is 24.4 Å². The molecular weight excluding hydrogens is 272 g/mol. The van der Waals surface area contributed by atoms with Gasteiger partial charge in [-0.2, -0.15) is 0 Å². The van der Waals surface area contributed by atoms with E-state index in [-0.39, 0.29) is 5.91 Å². The van der Waals surface area contributed by atoms with E-state index in [9.17, 15) is 4.79 Å². The van der Waals surface area contributed by atoms with Crippen molar-refractivity contribution in [2.75, 3.05) is 7.05 Å². The molecule has 0 bridgehead atoms. The van der Waals surface area contributed by atoms with Crippen LogP contribution in [0.15, 0.2) is 48.5 Å². The van der Waals surface area contributed by atoms with Crippen molar-refractivity contribution in [3.63, 3.8) is 0 Å². The van der Waals surface area contributed by atoms with E-state index >= 15 is 0 Å². The van der Waals surface area contributed by atoms with Gasteiger partial charge in [-0.15, -0.1) is 0 Å². The highest BCUT2D eigenvalue weighted by Crippen LogP contribution is 2.51. The molecule has 0 saturated heterocycles. The monoisotopic (exact) mass is 294 g/mol. The van der Waals surface area contributed by atoms with Crippen molar-refractivity contribution in [1.29, 1.82) is 0 Å². The first-order chi connectivity index (χ1) is 10.6. The normalized spacial score (nSPS) is 15.9. The Balaban J connectivity index is 2.18. The Kier molecular flexibility index (Phi) is 3.75. The average Bonchev–Trinajstić information content (AvgIpc) is 2.84. The van der Waals surface area contributed by atoms with Crippen molar-refractivity contribution < 1.29 is 4.79 Å². The Morgan fingerprint density at radius 1 is 1.09 bits per heavy atom. The van der Waals surface area contributed by atoms with Crippen molar-refractivity contribution >= 4 is 5.91 Å². The van der Waals surface area contributed by atoms with Gasteiger partial charge in [0.15, 0.2) is 0 Å². The number of primary amides is 1. The Morgan fingerprint density at radius 2 is 1.59 bits per heavy atom. The Morgan fingerprint density at radius 3 is 2.05 bits per heavy atom. The molecule has 1 aliphatic rings. The third kappa shape index (κ3) is 2.04. The molecule has 1 aliphatic carbocycles. The molecule has 1 amide bonds. The van der Waals surface area contributed by atoms with Crippen LogP contribution in [0, 0.1) is 0 Å². The van der Waals surface area contributed by atoms with E-state index in [0.717, 1.165) is 35.1 Å². The molecule has 3 N–H and O–H groups in total. The van der Waals surface area contributed by atoms with Crippen molar-refractivity contribution in [3.8, 4) is 11.1 Å². The molecule has 1 atom stereocenters. The van der Waals surface area contributed by atoms with E-state index in [1.54, 1.807) is 0 Å². The van der Waals surface area contributed by atoms with Gasteiger partial charge in [-0.3, -0.25) is 4.79 Å². The fraction of sp³-hybridized carbons (Fsp3) is 0.316. The third-order valence-electron chi connectivity index (χ3n) is 4.93. The lowest BCUT2D eigenvalue weighted by Gasteiger charge is -2.29. The highest BCUT2D eigenvalue weighted by molar-refractivity contribution is 5.99. The van der Waals surface area contributed by atoms with Gasteiger partial charge in [-0.05, 0) is 49.1 Å². The van der Waals surface area contributed by atoms with E-state index in [1.165, 1.54) is 0 Å². The van der Waals surface area contributed by atoms with Crippen molar-refractivity contribution in [1.82, 2.24) is 5.32 Å². The first kappa shape index (κ1) is 14.8. The summed E-state index contributed by atoms with van der Waals surface area (Å²) in [6.07, 6.45) is 1.61. The lowest BCUT2D eigenvalue weighted by molar-refractivity contribution is -0.122. The second-order valence-corrected chi connectivity index (χ2v) is 6.09. The van der Waals surface area contributed by atoms with Crippen LogP contribution in [0.4, 0.5) is 0 Å². The van der Waals surface area contributed by atoms with Crippen LogP contribution in [0.5, 0.6) is 0 Å². The van der Waals surface area contributed by atoms with Gasteiger partial charge in [0.25, 0.3) is 0 Å². The summed E-state index contributed by atoms with van der Waals surface area (Å²) in [6.45, 7) is 2.13. The number of nitrogens with one attached hydrogen (secondary N) is 1. The van der Waals surface area contributed by atoms with Gasteiger partial charge in [0, 0.05) is 6.04 Å². The minimum atomic E-state index is -0.710. The number of rotatable bonds is 5. The van der Waals surface area contributed by atoms with Crippen LogP contribution >= 0.6 is 0 Å². The summed E-state index contributed by atoms with van der Waals surface area (Å²) >= 11 is 0. The van der Waals surface area contributed by atoms with Crippen LogP contribution in [0.2, 0.25) is 0 Å². The minimum Gasteiger partial charge on any atom is -0.369 e. The molecular formula is C19H22N2O. The molecule has 3 rings (SSSR count). The predicted octanol–water partition coefficient (Wildman–Crippen LogP) is 2.83. The summed E-state index contributed by atoms with van der Waals surface area (Å²) < 4.78 is 0. The number of hydrogen-bond donors (Lipinski definition) is 2. The van der Waals surface area contributed by atoms with Crippen molar-refractivity contribution in [2.24, 2.45) is 5.73 Å². The van der Waals surface area contributed by atoms with E-state index < -0.39 is 5.41 Å². The van der Waals surface area contributed by atoms with Crippen LogP contribution in [0.3, 0.4) is 0 Å². The Hall–Kier alpha value is -2.13. The van der Waals surface area contributed by atoms with Gasteiger partial charge < -0.3 is 11.1 Å². The minimum absolute atomic E-state index is 0.256. The van der Waals surface area contributed by atoms with Gasteiger partial charge in [-0.25, -0.2) is 0 Å². The molecule has 0 aromatic heterocycles. The number of carbonyl (C=O) groups is 1. The Labute approximate surface area is 131 Å². The maximum atomic E-state index is 12.6. The first-order valence-corrected chi connectivity index (χ1v) is 7.78. The number of fused-ring (bicyclic) bond motifs is 3. The van der Waals surface area contributed by atoms with E-state index in [4.69, 9.17) is 5.73 Å². The molecule has 114 valence electrons. The maximum Gasteiger partial charge on any atom is 0.232 e. The van der Waals surface area contributed by atoms with Gasteiger partial charge in [0.05, 0.1) is 5.41 Å². The lowest BCUT2D eigenvalue weighted by atomic mass is 9.73. The largest absolute Gasteiger partial charge is 0.369 e. The number of carbonyl (C=O) groups excluding carboxylic acids is 1. The van der Waals surface area contributed by atoms with E-state index in [1.807, 2.05) is 43.4 Å². The SMILES string of the molecule is CNC(C)CCC1(C(N)=O)c2ccccc2-c2ccccc21. The molecule has 0 saturated carbocycles. The molecule has 3 nitrogen and oxygen atoms in total. The zero-order valence-corrected chi connectivity index (χ0v) is 13.1. The molecule has 3 heteroatoms. The number of benzene rings is 2. The zero-order valence-electron chi connectivity index (χ0n) is 13.1. The Bertz CT molecular complexity index is 663. The zero-order chi connectivity index (χ0) is 15.7. The highest BCUT2D eigenvalue weighted by atomic mass is 16.1. The van der Waals surface area contributed by atoms with Crippen LogP contribution < -0.4 is 11.1 Å². The fourth-order valence-electron chi connectivity index (χ4n) is 3.56.